The molecule has 3 heteroatoms. The highest BCUT2D eigenvalue weighted by Crippen LogP contribution is 2.35. The zero-order chi connectivity index (χ0) is 16.1. The first kappa shape index (κ1) is 15.2. The monoisotopic (exact) mass is 357 g/mol. The maximum Gasteiger partial charge on any atom is 0.203 e. The molecule has 0 saturated carbocycles. The summed E-state index contributed by atoms with van der Waals surface area (Å²) in [5.41, 5.74) is 3.45. The second kappa shape index (κ2) is 5.17. The van der Waals surface area contributed by atoms with Crippen LogP contribution in [0.15, 0.2) is 47.1 Å². The topological polar surface area (TPSA) is 25.2 Å². The zero-order valence-corrected chi connectivity index (χ0v) is 14.9. The quantitative estimate of drug-likeness (QED) is 0.593. The number of aromatic nitrogens is 1. The predicted molar refractivity (Wildman–Crippen MR) is 96.1 cm³/mol. The number of rotatable bonds is 1. The van der Waals surface area contributed by atoms with E-state index in [1.165, 1.54) is 5.56 Å². The Bertz CT molecular complexity index is 856. The molecule has 0 spiro atoms. The molecule has 0 bridgehead atoms. The zero-order valence-electron chi connectivity index (χ0n) is 13.3. The van der Waals surface area contributed by atoms with Gasteiger partial charge in [-0.1, -0.05) is 48.8 Å². The molecule has 0 saturated heterocycles. The van der Waals surface area contributed by atoms with E-state index in [4.69, 9.17) is 0 Å². The lowest BCUT2D eigenvalue weighted by Gasteiger charge is -2.18. The fraction of sp³-hybridized carbons (Fsp3) is 0.263. The van der Waals surface area contributed by atoms with Crippen molar-refractivity contribution in [3.8, 4) is 11.6 Å². The Morgan fingerprint density at radius 3 is 2.50 bits per heavy atom. The molecule has 2 nitrogen and oxygen atoms in total. The first-order valence-corrected chi connectivity index (χ1v) is 8.18. The van der Waals surface area contributed by atoms with Gasteiger partial charge in [0.25, 0.3) is 0 Å². The molecule has 0 amide bonds. The standard InChI is InChI=1S/C19H20BrNO/c1-12-16(20)6-5-7-17(12)21-11-13-10-14(19(2,3)4)8-9-15(13)18(21)22/h5-11,22H,1-4H3. The van der Waals surface area contributed by atoms with E-state index in [-0.39, 0.29) is 11.3 Å². The molecule has 2 aromatic carbocycles. The van der Waals surface area contributed by atoms with E-state index >= 15 is 0 Å². The molecule has 0 atom stereocenters. The Hall–Kier alpha value is -1.74. The third-order valence-corrected chi connectivity index (χ3v) is 5.01. The van der Waals surface area contributed by atoms with Gasteiger partial charge in [-0.05, 0) is 47.7 Å². The fourth-order valence-electron chi connectivity index (χ4n) is 2.71. The summed E-state index contributed by atoms with van der Waals surface area (Å²) in [7, 11) is 0. The molecule has 22 heavy (non-hydrogen) atoms. The highest BCUT2D eigenvalue weighted by atomic mass is 79.9. The van der Waals surface area contributed by atoms with Crippen molar-refractivity contribution in [2.45, 2.75) is 33.1 Å². The molecule has 1 aromatic heterocycles. The first-order valence-electron chi connectivity index (χ1n) is 7.39. The van der Waals surface area contributed by atoms with Gasteiger partial charge in [0.1, 0.15) is 0 Å². The number of halogens is 1. The van der Waals surface area contributed by atoms with Crippen LogP contribution in [0.25, 0.3) is 16.5 Å². The minimum atomic E-state index is 0.0948. The second-order valence-corrected chi connectivity index (χ2v) is 7.61. The summed E-state index contributed by atoms with van der Waals surface area (Å²) in [5.74, 6) is 0.289. The molecule has 0 aliphatic heterocycles. The van der Waals surface area contributed by atoms with E-state index in [9.17, 15) is 5.11 Å². The van der Waals surface area contributed by atoms with Crippen LogP contribution in [-0.4, -0.2) is 9.67 Å². The van der Waals surface area contributed by atoms with Gasteiger partial charge < -0.3 is 5.11 Å². The maximum absolute atomic E-state index is 10.6. The highest BCUT2D eigenvalue weighted by molar-refractivity contribution is 9.10. The van der Waals surface area contributed by atoms with Crippen LogP contribution in [0.3, 0.4) is 0 Å². The van der Waals surface area contributed by atoms with Gasteiger partial charge in [-0.25, -0.2) is 0 Å². The molecular weight excluding hydrogens is 338 g/mol. The smallest absolute Gasteiger partial charge is 0.203 e. The second-order valence-electron chi connectivity index (χ2n) is 6.76. The van der Waals surface area contributed by atoms with Crippen LogP contribution in [0.2, 0.25) is 0 Å². The summed E-state index contributed by atoms with van der Waals surface area (Å²) in [6, 6.07) is 12.3. The molecule has 0 fully saturated rings. The van der Waals surface area contributed by atoms with Gasteiger partial charge in [0.05, 0.1) is 5.69 Å². The highest BCUT2D eigenvalue weighted by Gasteiger charge is 2.17. The maximum atomic E-state index is 10.6. The summed E-state index contributed by atoms with van der Waals surface area (Å²) < 4.78 is 2.90. The largest absolute Gasteiger partial charge is 0.494 e. The van der Waals surface area contributed by atoms with Gasteiger partial charge in [-0.15, -0.1) is 0 Å². The third-order valence-electron chi connectivity index (χ3n) is 4.15. The Morgan fingerprint density at radius 2 is 1.82 bits per heavy atom. The Labute approximate surface area is 139 Å². The summed E-state index contributed by atoms with van der Waals surface area (Å²) in [5, 5.41) is 12.5. The Balaban J connectivity index is 2.24. The van der Waals surface area contributed by atoms with Gasteiger partial charge in [-0.2, -0.15) is 0 Å². The normalized spacial score (nSPS) is 12.0. The fourth-order valence-corrected chi connectivity index (χ4v) is 3.07. The van der Waals surface area contributed by atoms with Crippen LogP contribution in [0.5, 0.6) is 5.88 Å². The third kappa shape index (κ3) is 2.44. The molecular formula is C19H20BrNO. The summed E-state index contributed by atoms with van der Waals surface area (Å²) in [4.78, 5) is 0. The van der Waals surface area contributed by atoms with E-state index in [2.05, 4.69) is 48.8 Å². The van der Waals surface area contributed by atoms with Gasteiger partial charge in [-0.3, -0.25) is 4.57 Å². The van der Waals surface area contributed by atoms with Gasteiger partial charge in [0, 0.05) is 21.4 Å². The van der Waals surface area contributed by atoms with E-state index in [1.807, 2.05) is 42.0 Å². The molecule has 114 valence electrons. The lowest BCUT2D eigenvalue weighted by molar-refractivity contribution is 0.448. The van der Waals surface area contributed by atoms with Crippen LogP contribution < -0.4 is 0 Å². The van der Waals surface area contributed by atoms with Crippen molar-refractivity contribution >= 4 is 26.7 Å². The van der Waals surface area contributed by atoms with Gasteiger partial charge >= 0.3 is 0 Å². The number of nitrogens with zero attached hydrogens (tertiary/aromatic N) is 1. The van der Waals surface area contributed by atoms with Crippen molar-refractivity contribution in [1.29, 1.82) is 0 Å². The summed E-state index contributed by atoms with van der Waals surface area (Å²) in [6.45, 7) is 8.64. The minimum absolute atomic E-state index is 0.0948. The van der Waals surface area contributed by atoms with Crippen molar-refractivity contribution in [1.82, 2.24) is 4.57 Å². The molecule has 1 N–H and O–H groups in total. The molecule has 3 rings (SSSR count). The first-order chi connectivity index (χ1) is 10.3. The van der Waals surface area contributed by atoms with Crippen LogP contribution in [-0.2, 0) is 5.41 Å². The van der Waals surface area contributed by atoms with Gasteiger partial charge in [0.2, 0.25) is 5.88 Å². The van der Waals surface area contributed by atoms with Crippen LogP contribution in [0.1, 0.15) is 31.9 Å². The van der Waals surface area contributed by atoms with E-state index in [0.717, 1.165) is 26.5 Å². The molecule has 0 aliphatic carbocycles. The summed E-state index contributed by atoms with van der Waals surface area (Å²) >= 11 is 3.55. The van der Waals surface area contributed by atoms with E-state index in [0.29, 0.717) is 0 Å². The molecule has 3 aromatic rings. The van der Waals surface area contributed by atoms with Crippen molar-refractivity contribution in [3.63, 3.8) is 0 Å². The average Bonchev–Trinajstić information content (AvgIpc) is 2.78. The number of benzene rings is 2. The van der Waals surface area contributed by atoms with Crippen LogP contribution >= 0.6 is 15.9 Å². The number of hydrogen-bond acceptors (Lipinski definition) is 1. The van der Waals surface area contributed by atoms with Gasteiger partial charge in [0.15, 0.2) is 0 Å². The minimum Gasteiger partial charge on any atom is -0.494 e. The average molecular weight is 358 g/mol. The lowest BCUT2D eigenvalue weighted by atomic mass is 9.86. The Morgan fingerprint density at radius 1 is 1.09 bits per heavy atom. The molecule has 0 unspecified atom stereocenters. The predicted octanol–water partition coefficient (Wildman–Crippen LogP) is 5.70. The van der Waals surface area contributed by atoms with E-state index < -0.39 is 0 Å². The molecule has 1 heterocycles. The van der Waals surface area contributed by atoms with Crippen molar-refractivity contribution in [2.24, 2.45) is 0 Å². The van der Waals surface area contributed by atoms with E-state index in [1.54, 1.807) is 0 Å². The van der Waals surface area contributed by atoms with Crippen LogP contribution in [0, 0.1) is 6.92 Å². The molecule has 0 aliphatic rings. The lowest BCUT2D eigenvalue weighted by Crippen LogP contribution is -2.10. The molecule has 0 radical (unpaired) electrons. The van der Waals surface area contributed by atoms with Crippen LogP contribution in [0.4, 0.5) is 0 Å². The summed E-state index contributed by atoms with van der Waals surface area (Å²) in [6.07, 6.45) is 2.01. The number of fused-ring (bicyclic) bond motifs is 1. The number of hydrogen-bond donors (Lipinski definition) is 1. The van der Waals surface area contributed by atoms with Crippen molar-refractivity contribution in [2.75, 3.05) is 0 Å². The van der Waals surface area contributed by atoms with Crippen molar-refractivity contribution in [3.05, 3.63) is 58.2 Å². The Kier molecular flexibility index (Phi) is 3.56. The number of aromatic hydroxyl groups is 1. The van der Waals surface area contributed by atoms with Crippen molar-refractivity contribution < 1.29 is 5.11 Å². The SMILES string of the molecule is Cc1c(Br)cccc1-n1cc2cc(C(C)(C)C)ccc2c1O.